The largest absolute Gasteiger partial charge is 0.352 e. The second-order valence-corrected chi connectivity index (χ2v) is 10.6. The summed E-state index contributed by atoms with van der Waals surface area (Å²) in [4.78, 5) is 45.3. The first-order valence-electron chi connectivity index (χ1n) is 12.7. The van der Waals surface area contributed by atoms with Crippen molar-refractivity contribution >= 4 is 34.6 Å². The summed E-state index contributed by atoms with van der Waals surface area (Å²) < 4.78 is 1.67. The molecular formula is C25H28N10O2S. The second-order valence-electron chi connectivity index (χ2n) is 9.67. The summed E-state index contributed by atoms with van der Waals surface area (Å²) in [5.74, 6) is 0.901. The van der Waals surface area contributed by atoms with Crippen LogP contribution in [0, 0.1) is 13.8 Å². The van der Waals surface area contributed by atoms with Gasteiger partial charge in [-0.1, -0.05) is 0 Å². The fraction of sp³-hybridized carbons (Fsp3) is 0.440. The number of carbonyl (C=O) groups is 2. The smallest absolute Gasteiger partial charge is 0.276 e. The molecule has 12 nitrogen and oxygen atoms in total. The van der Waals surface area contributed by atoms with Gasteiger partial charge in [0.05, 0.1) is 22.6 Å². The van der Waals surface area contributed by atoms with Crippen LogP contribution in [0.3, 0.4) is 0 Å². The summed E-state index contributed by atoms with van der Waals surface area (Å²) in [6.45, 7) is 7.61. The number of anilines is 1. The highest BCUT2D eigenvalue weighted by Gasteiger charge is 2.30. The van der Waals surface area contributed by atoms with Gasteiger partial charge in [-0.2, -0.15) is 5.10 Å². The molecule has 2 saturated heterocycles. The SMILES string of the molecule is Cc1cc2nnc(C(=O)N3CCC(c4nc(C(=O)N5CCN(c6cnccn6)CC5)cs4)CC3)c(C)n2n1. The van der Waals surface area contributed by atoms with Crippen LogP contribution in [0.15, 0.2) is 30.0 Å². The predicted octanol–water partition coefficient (Wildman–Crippen LogP) is 1.97. The van der Waals surface area contributed by atoms with Crippen molar-refractivity contribution in [2.24, 2.45) is 0 Å². The molecule has 0 N–H and O–H groups in total. The summed E-state index contributed by atoms with van der Waals surface area (Å²) in [6, 6.07) is 1.84. The lowest BCUT2D eigenvalue weighted by Gasteiger charge is -2.34. The second kappa shape index (κ2) is 10.0. The van der Waals surface area contributed by atoms with Gasteiger partial charge < -0.3 is 14.7 Å². The van der Waals surface area contributed by atoms with Crippen molar-refractivity contribution in [1.29, 1.82) is 0 Å². The van der Waals surface area contributed by atoms with Gasteiger partial charge in [0.2, 0.25) is 0 Å². The van der Waals surface area contributed by atoms with Crippen molar-refractivity contribution < 1.29 is 9.59 Å². The standard InChI is InChI=1S/C25H28N10O2S/c1-16-13-20-29-30-22(17(2)35(20)31-16)25(37)33-7-3-18(4-8-33)23-28-19(15-38-23)24(36)34-11-9-32(10-12-34)21-14-26-5-6-27-21/h5-6,13-15,18H,3-4,7-12H2,1-2H3. The van der Waals surface area contributed by atoms with E-state index in [-0.39, 0.29) is 17.7 Å². The molecule has 0 bridgehead atoms. The van der Waals surface area contributed by atoms with E-state index in [0.717, 1.165) is 29.4 Å². The minimum atomic E-state index is -0.126. The van der Waals surface area contributed by atoms with Gasteiger partial charge in [0.25, 0.3) is 11.8 Å². The zero-order chi connectivity index (χ0) is 26.2. The molecule has 4 aromatic rings. The lowest BCUT2D eigenvalue weighted by molar-refractivity contribution is 0.0703. The van der Waals surface area contributed by atoms with Crippen LogP contribution in [-0.4, -0.2) is 95.6 Å². The summed E-state index contributed by atoms with van der Waals surface area (Å²) >= 11 is 1.53. The monoisotopic (exact) mass is 532 g/mol. The van der Waals surface area contributed by atoms with E-state index in [1.165, 1.54) is 11.3 Å². The first-order valence-corrected chi connectivity index (χ1v) is 13.6. The van der Waals surface area contributed by atoms with Crippen LogP contribution in [0.2, 0.25) is 0 Å². The minimum Gasteiger partial charge on any atom is -0.352 e. The van der Waals surface area contributed by atoms with Crippen molar-refractivity contribution in [3.63, 3.8) is 0 Å². The summed E-state index contributed by atoms with van der Waals surface area (Å²) in [5.41, 5.74) is 3.00. The number of fused-ring (bicyclic) bond motifs is 1. The van der Waals surface area contributed by atoms with E-state index in [1.54, 1.807) is 23.1 Å². The van der Waals surface area contributed by atoms with Crippen molar-refractivity contribution in [3.05, 3.63) is 57.8 Å². The molecule has 0 saturated carbocycles. The van der Waals surface area contributed by atoms with Crippen LogP contribution in [0.25, 0.3) is 5.65 Å². The average molecular weight is 533 g/mol. The van der Waals surface area contributed by atoms with Crippen LogP contribution in [0.5, 0.6) is 0 Å². The van der Waals surface area contributed by atoms with Crippen LogP contribution in [-0.2, 0) is 0 Å². The third kappa shape index (κ3) is 4.57. The van der Waals surface area contributed by atoms with E-state index in [9.17, 15) is 9.59 Å². The van der Waals surface area contributed by atoms with Gasteiger partial charge in [0.1, 0.15) is 11.5 Å². The number of piperazine rings is 1. The lowest BCUT2D eigenvalue weighted by Crippen LogP contribution is -2.49. The van der Waals surface area contributed by atoms with Gasteiger partial charge in [-0.3, -0.25) is 14.6 Å². The normalized spacial score (nSPS) is 16.8. The first kappa shape index (κ1) is 24.3. The van der Waals surface area contributed by atoms with Crippen molar-refractivity contribution in [2.45, 2.75) is 32.6 Å². The van der Waals surface area contributed by atoms with Crippen LogP contribution in [0.4, 0.5) is 5.82 Å². The lowest BCUT2D eigenvalue weighted by atomic mass is 9.97. The highest BCUT2D eigenvalue weighted by atomic mass is 32.1. The Morgan fingerprint density at radius 2 is 1.71 bits per heavy atom. The first-order chi connectivity index (χ1) is 18.5. The minimum absolute atomic E-state index is 0.0304. The number of piperidine rings is 1. The van der Waals surface area contributed by atoms with Gasteiger partial charge in [-0.15, -0.1) is 21.5 Å². The van der Waals surface area contributed by atoms with Crippen molar-refractivity contribution in [1.82, 2.24) is 44.6 Å². The Morgan fingerprint density at radius 3 is 2.45 bits per heavy atom. The number of amides is 2. The fourth-order valence-corrected chi connectivity index (χ4v) is 6.05. The number of nitrogens with zero attached hydrogens (tertiary/aromatic N) is 10. The number of thiazole rings is 1. The quantitative estimate of drug-likeness (QED) is 0.388. The highest BCUT2D eigenvalue weighted by molar-refractivity contribution is 7.09. The van der Waals surface area contributed by atoms with Gasteiger partial charge in [0, 0.05) is 69.0 Å². The van der Waals surface area contributed by atoms with E-state index < -0.39 is 0 Å². The van der Waals surface area contributed by atoms with Crippen LogP contribution >= 0.6 is 11.3 Å². The molecule has 2 aliphatic heterocycles. The number of likely N-dealkylation sites (tertiary alicyclic amines) is 1. The van der Waals surface area contributed by atoms with E-state index in [0.29, 0.717) is 62.0 Å². The van der Waals surface area contributed by atoms with E-state index >= 15 is 0 Å². The molecule has 6 heterocycles. The van der Waals surface area contributed by atoms with Gasteiger partial charge in [0.15, 0.2) is 11.3 Å². The fourth-order valence-electron chi connectivity index (χ4n) is 5.08. The Kier molecular flexibility index (Phi) is 6.44. The Labute approximate surface area is 223 Å². The molecular weight excluding hydrogens is 504 g/mol. The molecule has 0 radical (unpaired) electrons. The van der Waals surface area contributed by atoms with Gasteiger partial charge in [-0.05, 0) is 26.7 Å². The van der Waals surface area contributed by atoms with Crippen molar-refractivity contribution in [3.8, 4) is 0 Å². The van der Waals surface area contributed by atoms with Gasteiger partial charge >= 0.3 is 0 Å². The zero-order valence-corrected chi connectivity index (χ0v) is 22.1. The molecule has 2 aliphatic rings. The summed E-state index contributed by atoms with van der Waals surface area (Å²) in [7, 11) is 0. The molecule has 196 valence electrons. The number of rotatable bonds is 4. The van der Waals surface area contributed by atoms with Gasteiger partial charge in [-0.25, -0.2) is 14.5 Å². The summed E-state index contributed by atoms with van der Waals surface area (Å²) in [6.07, 6.45) is 6.66. The number of aryl methyl sites for hydroxylation is 2. The molecule has 4 aromatic heterocycles. The highest BCUT2D eigenvalue weighted by Crippen LogP contribution is 2.31. The molecule has 38 heavy (non-hydrogen) atoms. The molecule has 0 unspecified atom stereocenters. The number of aromatic nitrogens is 7. The molecule has 0 aliphatic carbocycles. The number of hydrogen-bond acceptors (Lipinski definition) is 10. The van der Waals surface area contributed by atoms with E-state index in [1.807, 2.05) is 35.1 Å². The molecule has 2 fully saturated rings. The Hall–Kier alpha value is -4.00. The maximum Gasteiger partial charge on any atom is 0.276 e. The Balaban J connectivity index is 1.05. The maximum atomic E-state index is 13.2. The zero-order valence-electron chi connectivity index (χ0n) is 21.3. The Morgan fingerprint density at radius 1 is 0.947 bits per heavy atom. The predicted molar refractivity (Wildman–Crippen MR) is 140 cm³/mol. The number of carbonyl (C=O) groups excluding carboxylic acids is 2. The third-order valence-corrected chi connectivity index (χ3v) is 8.25. The van der Waals surface area contributed by atoms with Crippen LogP contribution < -0.4 is 4.90 Å². The Bertz CT molecular complexity index is 1470. The number of hydrogen-bond donors (Lipinski definition) is 0. The molecule has 13 heteroatoms. The molecule has 0 atom stereocenters. The summed E-state index contributed by atoms with van der Waals surface area (Å²) in [5, 5.41) is 15.6. The topological polar surface area (TPSA) is 126 Å². The van der Waals surface area contributed by atoms with Crippen molar-refractivity contribution in [2.75, 3.05) is 44.2 Å². The molecule has 0 spiro atoms. The average Bonchev–Trinajstić information content (AvgIpc) is 3.60. The van der Waals surface area contributed by atoms with Crippen LogP contribution in [0.1, 0.15) is 56.1 Å². The van der Waals surface area contributed by atoms with E-state index in [2.05, 4.69) is 30.2 Å². The maximum absolute atomic E-state index is 13.2. The third-order valence-electron chi connectivity index (χ3n) is 7.24. The molecule has 6 rings (SSSR count). The molecule has 0 aromatic carbocycles. The molecule has 2 amide bonds. The van der Waals surface area contributed by atoms with E-state index in [4.69, 9.17) is 4.98 Å².